The molecule has 1 fully saturated rings. The third kappa shape index (κ3) is 3.46. The van der Waals surface area contributed by atoms with Gasteiger partial charge in [-0.2, -0.15) is 0 Å². The number of aryl methyl sites for hydroxylation is 1. The van der Waals surface area contributed by atoms with Gasteiger partial charge in [0, 0.05) is 6.54 Å². The maximum Gasteiger partial charge on any atom is 0.241 e. The Morgan fingerprint density at radius 1 is 1.14 bits per heavy atom. The van der Waals surface area contributed by atoms with Gasteiger partial charge in [0.2, 0.25) is 5.91 Å². The van der Waals surface area contributed by atoms with E-state index in [1.54, 1.807) is 0 Å². The standard InChI is InChI=1S/C18H28N2O/c1-5-14(6-2)12-20-17(19-16(7-3)18(20)21)15-10-8-13(4)9-11-15/h8-11,14,16-17,19H,5-7,12H2,1-4H3. The minimum absolute atomic E-state index is 0.0312. The van der Waals surface area contributed by atoms with Crippen LogP contribution in [0.4, 0.5) is 0 Å². The quantitative estimate of drug-likeness (QED) is 0.866. The summed E-state index contributed by atoms with van der Waals surface area (Å²) in [5.41, 5.74) is 2.44. The van der Waals surface area contributed by atoms with E-state index >= 15 is 0 Å². The summed E-state index contributed by atoms with van der Waals surface area (Å²) in [6, 6.07) is 8.48. The second kappa shape index (κ2) is 7.08. The summed E-state index contributed by atoms with van der Waals surface area (Å²) in [7, 11) is 0. The van der Waals surface area contributed by atoms with Gasteiger partial charge in [-0.15, -0.1) is 0 Å². The number of nitrogens with zero attached hydrogens (tertiary/aromatic N) is 1. The lowest BCUT2D eigenvalue weighted by molar-refractivity contribution is -0.130. The van der Waals surface area contributed by atoms with Crippen molar-refractivity contribution in [2.45, 2.75) is 59.2 Å². The molecule has 0 aliphatic carbocycles. The molecular formula is C18H28N2O. The van der Waals surface area contributed by atoms with Gasteiger partial charge < -0.3 is 4.90 Å². The summed E-state index contributed by atoms with van der Waals surface area (Å²) in [5.74, 6) is 0.842. The highest BCUT2D eigenvalue weighted by atomic mass is 16.2. The molecule has 1 aromatic rings. The predicted octanol–water partition coefficient (Wildman–Crippen LogP) is 3.64. The normalized spacial score (nSPS) is 22.3. The smallest absolute Gasteiger partial charge is 0.241 e. The van der Waals surface area contributed by atoms with E-state index in [0.29, 0.717) is 5.92 Å². The average Bonchev–Trinajstić information content (AvgIpc) is 2.82. The van der Waals surface area contributed by atoms with Gasteiger partial charge in [0.1, 0.15) is 6.17 Å². The molecule has 2 rings (SSSR count). The van der Waals surface area contributed by atoms with Crippen molar-refractivity contribution in [1.82, 2.24) is 10.2 Å². The van der Waals surface area contributed by atoms with Crippen LogP contribution in [0, 0.1) is 12.8 Å². The van der Waals surface area contributed by atoms with E-state index < -0.39 is 0 Å². The van der Waals surface area contributed by atoms with Crippen LogP contribution in [0.15, 0.2) is 24.3 Å². The van der Waals surface area contributed by atoms with Crippen molar-refractivity contribution in [3.05, 3.63) is 35.4 Å². The van der Waals surface area contributed by atoms with Crippen LogP contribution in [0.5, 0.6) is 0 Å². The van der Waals surface area contributed by atoms with E-state index in [2.05, 4.69) is 62.2 Å². The molecule has 0 aromatic heterocycles. The number of amides is 1. The number of carbonyl (C=O) groups excluding carboxylic acids is 1. The number of rotatable bonds is 6. The third-order valence-corrected chi connectivity index (χ3v) is 4.66. The van der Waals surface area contributed by atoms with Crippen molar-refractivity contribution in [3.63, 3.8) is 0 Å². The van der Waals surface area contributed by atoms with Crippen LogP contribution in [0.2, 0.25) is 0 Å². The Hall–Kier alpha value is -1.35. The van der Waals surface area contributed by atoms with Crippen LogP contribution < -0.4 is 5.32 Å². The summed E-state index contributed by atoms with van der Waals surface area (Å²) < 4.78 is 0. The Bertz CT molecular complexity index is 465. The van der Waals surface area contributed by atoms with Gasteiger partial charge in [0.15, 0.2) is 0 Å². The van der Waals surface area contributed by atoms with Gasteiger partial charge in [0.25, 0.3) is 0 Å². The van der Waals surface area contributed by atoms with Gasteiger partial charge in [-0.3, -0.25) is 10.1 Å². The maximum absolute atomic E-state index is 12.6. The third-order valence-electron chi connectivity index (χ3n) is 4.66. The van der Waals surface area contributed by atoms with E-state index in [1.807, 2.05) is 0 Å². The van der Waals surface area contributed by atoms with Gasteiger partial charge in [-0.25, -0.2) is 0 Å². The molecule has 1 amide bonds. The molecule has 0 bridgehead atoms. The SMILES string of the molecule is CCC(CC)CN1C(=O)C(CC)NC1c1ccc(C)cc1. The molecule has 1 aliphatic heterocycles. The summed E-state index contributed by atoms with van der Waals surface area (Å²) in [4.78, 5) is 14.7. The van der Waals surface area contributed by atoms with Gasteiger partial charge in [-0.1, -0.05) is 63.4 Å². The van der Waals surface area contributed by atoms with Gasteiger partial charge >= 0.3 is 0 Å². The Morgan fingerprint density at radius 2 is 1.76 bits per heavy atom. The molecule has 2 atom stereocenters. The van der Waals surface area contributed by atoms with Crippen LogP contribution in [0.1, 0.15) is 57.3 Å². The van der Waals surface area contributed by atoms with Crippen molar-refractivity contribution in [1.29, 1.82) is 0 Å². The monoisotopic (exact) mass is 288 g/mol. The summed E-state index contributed by atoms with van der Waals surface area (Å²) >= 11 is 0. The van der Waals surface area contributed by atoms with E-state index in [0.717, 1.165) is 25.8 Å². The fraction of sp³-hybridized carbons (Fsp3) is 0.611. The minimum atomic E-state index is -0.0364. The summed E-state index contributed by atoms with van der Waals surface area (Å²) in [6.07, 6.45) is 3.12. The van der Waals surface area contributed by atoms with Crippen molar-refractivity contribution in [3.8, 4) is 0 Å². The van der Waals surface area contributed by atoms with E-state index in [1.165, 1.54) is 11.1 Å². The van der Waals surface area contributed by atoms with Crippen LogP contribution >= 0.6 is 0 Å². The van der Waals surface area contributed by atoms with Gasteiger partial charge in [0.05, 0.1) is 6.04 Å². The van der Waals surface area contributed by atoms with Crippen LogP contribution in [-0.2, 0) is 4.79 Å². The largest absolute Gasteiger partial charge is 0.321 e. The van der Waals surface area contributed by atoms with Crippen LogP contribution in [0.25, 0.3) is 0 Å². The first-order valence-electron chi connectivity index (χ1n) is 8.23. The first kappa shape index (κ1) is 16.0. The Kier molecular flexibility index (Phi) is 5.40. The highest BCUT2D eigenvalue weighted by Crippen LogP contribution is 2.28. The Labute approximate surface area is 128 Å². The zero-order chi connectivity index (χ0) is 15.4. The molecule has 0 saturated carbocycles. The molecule has 0 spiro atoms. The molecule has 0 radical (unpaired) electrons. The zero-order valence-corrected chi connectivity index (χ0v) is 13.7. The second-order valence-electron chi connectivity index (χ2n) is 6.11. The molecule has 21 heavy (non-hydrogen) atoms. The molecular weight excluding hydrogens is 260 g/mol. The van der Waals surface area contributed by atoms with Crippen molar-refractivity contribution < 1.29 is 4.79 Å². The molecule has 3 heteroatoms. The zero-order valence-electron chi connectivity index (χ0n) is 13.7. The van der Waals surface area contributed by atoms with Crippen LogP contribution in [-0.4, -0.2) is 23.4 Å². The van der Waals surface area contributed by atoms with Crippen molar-refractivity contribution >= 4 is 5.91 Å². The Balaban J connectivity index is 2.23. The lowest BCUT2D eigenvalue weighted by atomic mass is 10.0. The number of carbonyl (C=O) groups is 1. The molecule has 2 unspecified atom stereocenters. The molecule has 1 N–H and O–H groups in total. The fourth-order valence-corrected chi connectivity index (χ4v) is 3.02. The second-order valence-corrected chi connectivity index (χ2v) is 6.11. The molecule has 116 valence electrons. The van der Waals surface area contributed by atoms with E-state index in [4.69, 9.17) is 0 Å². The molecule has 1 saturated heterocycles. The van der Waals surface area contributed by atoms with E-state index in [-0.39, 0.29) is 18.1 Å². The fourth-order valence-electron chi connectivity index (χ4n) is 3.02. The maximum atomic E-state index is 12.6. The molecule has 1 aliphatic rings. The average molecular weight is 288 g/mol. The van der Waals surface area contributed by atoms with Crippen LogP contribution in [0.3, 0.4) is 0 Å². The van der Waals surface area contributed by atoms with Crippen molar-refractivity contribution in [2.75, 3.05) is 6.54 Å². The lowest BCUT2D eigenvalue weighted by Gasteiger charge is -2.28. The minimum Gasteiger partial charge on any atom is -0.321 e. The highest BCUT2D eigenvalue weighted by Gasteiger charge is 2.38. The molecule has 3 nitrogen and oxygen atoms in total. The molecule has 1 aromatic carbocycles. The van der Waals surface area contributed by atoms with E-state index in [9.17, 15) is 4.79 Å². The number of benzene rings is 1. The lowest BCUT2D eigenvalue weighted by Crippen LogP contribution is -2.35. The van der Waals surface area contributed by atoms with Crippen molar-refractivity contribution in [2.24, 2.45) is 5.92 Å². The number of hydrogen-bond donors (Lipinski definition) is 1. The van der Waals surface area contributed by atoms with Gasteiger partial charge in [-0.05, 0) is 24.8 Å². The molecule has 1 heterocycles. The summed E-state index contributed by atoms with van der Waals surface area (Å²) in [6.45, 7) is 9.44. The topological polar surface area (TPSA) is 32.3 Å². The first-order valence-corrected chi connectivity index (χ1v) is 8.23. The number of nitrogens with one attached hydrogen (secondary N) is 1. The Morgan fingerprint density at radius 3 is 2.29 bits per heavy atom. The predicted molar refractivity (Wildman–Crippen MR) is 86.9 cm³/mol. The number of hydrogen-bond acceptors (Lipinski definition) is 2. The summed E-state index contributed by atoms with van der Waals surface area (Å²) in [5, 5.41) is 3.51. The highest BCUT2D eigenvalue weighted by molar-refractivity contribution is 5.84. The first-order chi connectivity index (χ1) is 10.1.